The van der Waals surface area contributed by atoms with Gasteiger partial charge in [0.1, 0.15) is 22.8 Å². The topological polar surface area (TPSA) is 110 Å². The zero-order chi connectivity index (χ0) is 17.2. The minimum atomic E-state index is -0.551. The first-order chi connectivity index (χ1) is 10.7. The van der Waals surface area contributed by atoms with Crippen molar-refractivity contribution >= 4 is 29.4 Å². The van der Waals surface area contributed by atoms with Crippen LogP contribution in [-0.4, -0.2) is 51.6 Å². The minimum Gasteiger partial charge on any atom is -0.444 e. The van der Waals surface area contributed by atoms with E-state index in [0.29, 0.717) is 19.5 Å². The molecule has 9 heteroatoms. The SMILES string of the molecule is CC(C)(C)OC(=O)N1CCC(NC(=O)c2ncnc(N)c2Cl)C1. The van der Waals surface area contributed by atoms with Gasteiger partial charge in [-0.05, 0) is 27.2 Å². The Morgan fingerprint density at radius 1 is 1.43 bits per heavy atom. The number of carbonyl (C=O) groups is 2. The second-order valence-electron chi connectivity index (χ2n) is 6.31. The van der Waals surface area contributed by atoms with E-state index in [1.165, 1.54) is 6.33 Å². The lowest BCUT2D eigenvalue weighted by Crippen LogP contribution is -2.40. The maximum atomic E-state index is 12.2. The van der Waals surface area contributed by atoms with Crippen molar-refractivity contribution in [1.82, 2.24) is 20.2 Å². The van der Waals surface area contributed by atoms with Crippen molar-refractivity contribution in [2.75, 3.05) is 18.8 Å². The number of carbonyl (C=O) groups excluding carboxylic acids is 2. The van der Waals surface area contributed by atoms with E-state index in [1.54, 1.807) is 4.90 Å². The maximum absolute atomic E-state index is 12.2. The fraction of sp³-hybridized carbons (Fsp3) is 0.571. The van der Waals surface area contributed by atoms with Crippen molar-refractivity contribution in [3.05, 3.63) is 17.0 Å². The van der Waals surface area contributed by atoms with Gasteiger partial charge in [0.2, 0.25) is 0 Å². The number of amides is 2. The van der Waals surface area contributed by atoms with Gasteiger partial charge in [-0.1, -0.05) is 11.6 Å². The van der Waals surface area contributed by atoms with Gasteiger partial charge in [-0.25, -0.2) is 14.8 Å². The minimum absolute atomic E-state index is 0.0204. The molecule has 2 amide bonds. The zero-order valence-electron chi connectivity index (χ0n) is 13.3. The monoisotopic (exact) mass is 341 g/mol. The third-order valence-corrected chi connectivity index (χ3v) is 3.58. The van der Waals surface area contributed by atoms with Gasteiger partial charge < -0.3 is 20.7 Å². The maximum Gasteiger partial charge on any atom is 0.410 e. The van der Waals surface area contributed by atoms with Crippen LogP contribution in [0.15, 0.2) is 6.33 Å². The average Bonchev–Trinajstić information content (AvgIpc) is 2.88. The first kappa shape index (κ1) is 17.3. The summed E-state index contributed by atoms with van der Waals surface area (Å²) in [7, 11) is 0. The molecule has 2 rings (SSSR count). The molecule has 1 atom stereocenters. The van der Waals surface area contributed by atoms with Crippen LogP contribution in [0.1, 0.15) is 37.7 Å². The second-order valence-corrected chi connectivity index (χ2v) is 6.68. The number of nitrogens with two attached hydrogens (primary N) is 1. The Kier molecular flexibility index (Phi) is 4.93. The molecule has 3 N–H and O–H groups in total. The number of anilines is 1. The normalized spacial score (nSPS) is 17.9. The number of halogens is 1. The van der Waals surface area contributed by atoms with E-state index in [-0.39, 0.29) is 22.6 Å². The Morgan fingerprint density at radius 2 is 2.13 bits per heavy atom. The predicted octanol–water partition coefficient (Wildman–Crippen LogP) is 1.45. The lowest BCUT2D eigenvalue weighted by Gasteiger charge is -2.24. The molecule has 1 aliphatic rings. The molecule has 0 aliphatic carbocycles. The van der Waals surface area contributed by atoms with Gasteiger partial charge in [0.15, 0.2) is 5.69 Å². The van der Waals surface area contributed by atoms with Crippen LogP contribution in [0, 0.1) is 0 Å². The number of nitrogens with one attached hydrogen (secondary N) is 1. The number of ether oxygens (including phenoxy) is 1. The smallest absolute Gasteiger partial charge is 0.410 e. The molecular weight excluding hydrogens is 322 g/mol. The molecule has 0 spiro atoms. The summed E-state index contributed by atoms with van der Waals surface area (Å²) >= 11 is 5.93. The molecule has 23 heavy (non-hydrogen) atoms. The Bertz CT molecular complexity index is 617. The Labute approximate surface area is 139 Å². The summed E-state index contributed by atoms with van der Waals surface area (Å²) < 4.78 is 5.31. The number of nitrogens with zero attached hydrogens (tertiary/aromatic N) is 3. The summed E-state index contributed by atoms with van der Waals surface area (Å²) in [5.41, 5.74) is 5.03. The highest BCUT2D eigenvalue weighted by molar-refractivity contribution is 6.35. The summed E-state index contributed by atoms with van der Waals surface area (Å²) in [4.78, 5) is 33.3. The number of aromatic nitrogens is 2. The van der Waals surface area contributed by atoms with E-state index in [9.17, 15) is 9.59 Å². The van der Waals surface area contributed by atoms with Crippen LogP contribution in [0.5, 0.6) is 0 Å². The van der Waals surface area contributed by atoms with Gasteiger partial charge in [-0.2, -0.15) is 0 Å². The van der Waals surface area contributed by atoms with Gasteiger partial charge in [0, 0.05) is 19.1 Å². The highest BCUT2D eigenvalue weighted by Crippen LogP contribution is 2.20. The van der Waals surface area contributed by atoms with Crippen LogP contribution < -0.4 is 11.1 Å². The lowest BCUT2D eigenvalue weighted by molar-refractivity contribution is 0.0290. The zero-order valence-corrected chi connectivity index (χ0v) is 14.1. The van der Waals surface area contributed by atoms with Crippen LogP contribution >= 0.6 is 11.6 Å². The van der Waals surface area contributed by atoms with Crippen LogP contribution in [-0.2, 0) is 4.74 Å². The fourth-order valence-corrected chi connectivity index (χ4v) is 2.35. The highest BCUT2D eigenvalue weighted by Gasteiger charge is 2.31. The van der Waals surface area contributed by atoms with Crippen molar-refractivity contribution in [1.29, 1.82) is 0 Å². The molecule has 1 saturated heterocycles. The van der Waals surface area contributed by atoms with Crippen molar-refractivity contribution in [3.63, 3.8) is 0 Å². The third-order valence-electron chi connectivity index (χ3n) is 3.21. The standard InChI is InChI=1S/C14H20ClN5O3/c1-14(2,3)23-13(22)20-5-4-8(6-20)19-12(21)10-9(15)11(16)18-7-17-10/h7-8H,4-6H2,1-3H3,(H,19,21)(H2,16,17,18). The molecule has 2 heterocycles. The molecule has 1 aromatic rings. The summed E-state index contributed by atoms with van der Waals surface area (Å²) in [6, 6.07) is -0.192. The molecule has 0 aromatic carbocycles. The molecule has 1 aromatic heterocycles. The van der Waals surface area contributed by atoms with Crippen LogP contribution in [0.4, 0.5) is 10.6 Å². The van der Waals surface area contributed by atoms with E-state index in [2.05, 4.69) is 15.3 Å². The van der Waals surface area contributed by atoms with Gasteiger partial charge in [-0.3, -0.25) is 4.79 Å². The van der Waals surface area contributed by atoms with Crippen molar-refractivity contribution < 1.29 is 14.3 Å². The Hall–Kier alpha value is -2.09. The molecule has 0 saturated carbocycles. The summed E-state index contributed by atoms with van der Waals surface area (Å²) in [6.45, 7) is 6.31. The number of rotatable bonds is 2. The first-order valence-electron chi connectivity index (χ1n) is 7.22. The van der Waals surface area contributed by atoms with Crippen LogP contribution in [0.2, 0.25) is 5.02 Å². The van der Waals surface area contributed by atoms with Crippen LogP contribution in [0.25, 0.3) is 0 Å². The quantitative estimate of drug-likeness (QED) is 0.842. The second kappa shape index (κ2) is 6.57. The molecule has 126 valence electrons. The molecule has 1 unspecified atom stereocenters. The molecule has 8 nitrogen and oxygen atoms in total. The largest absolute Gasteiger partial charge is 0.444 e. The number of hydrogen-bond acceptors (Lipinski definition) is 6. The average molecular weight is 342 g/mol. The van der Waals surface area contributed by atoms with E-state index in [1.807, 2.05) is 20.8 Å². The third kappa shape index (κ3) is 4.44. The van der Waals surface area contributed by atoms with E-state index >= 15 is 0 Å². The number of hydrogen-bond donors (Lipinski definition) is 2. The molecule has 0 bridgehead atoms. The predicted molar refractivity (Wildman–Crippen MR) is 85.1 cm³/mol. The van der Waals surface area contributed by atoms with Crippen molar-refractivity contribution in [2.24, 2.45) is 0 Å². The van der Waals surface area contributed by atoms with E-state index in [0.717, 1.165) is 0 Å². The molecule has 1 fully saturated rings. The Morgan fingerprint density at radius 3 is 2.78 bits per heavy atom. The number of likely N-dealkylation sites (tertiary alicyclic amines) is 1. The Balaban J connectivity index is 1.94. The fourth-order valence-electron chi connectivity index (χ4n) is 2.17. The number of nitrogen functional groups attached to an aromatic ring is 1. The van der Waals surface area contributed by atoms with E-state index < -0.39 is 17.6 Å². The molecular formula is C14H20ClN5O3. The molecule has 1 aliphatic heterocycles. The van der Waals surface area contributed by atoms with Gasteiger partial charge in [0.25, 0.3) is 5.91 Å². The van der Waals surface area contributed by atoms with Crippen LogP contribution in [0.3, 0.4) is 0 Å². The summed E-state index contributed by atoms with van der Waals surface area (Å²) in [6.07, 6.45) is 1.42. The highest BCUT2D eigenvalue weighted by atomic mass is 35.5. The summed E-state index contributed by atoms with van der Waals surface area (Å²) in [5.74, 6) is -0.395. The van der Waals surface area contributed by atoms with Crippen molar-refractivity contribution in [2.45, 2.75) is 38.8 Å². The van der Waals surface area contributed by atoms with Crippen molar-refractivity contribution in [3.8, 4) is 0 Å². The summed E-state index contributed by atoms with van der Waals surface area (Å²) in [5, 5.41) is 2.81. The first-order valence-corrected chi connectivity index (χ1v) is 7.60. The lowest BCUT2D eigenvalue weighted by atomic mass is 10.2. The molecule has 0 radical (unpaired) electrons. The van der Waals surface area contributed by atoms with Gasteiger partial charge in [0.05, 0.1) is 0 Å². The van der Waals surface area contributed by atoms with Gasteiger partial charge in [-0.15, -0.1) is 0 Å². The van der Waals surface area contributed by atoms with Gasteiger partial charge >= 0.3 is 6.09 Å². The van der Waals surface area contributed by atoms with E-state index in [4.69, 9.17) is 22.1 Å².